The van der Waals surface area contributed by atoms with Crippen molar-refractivity contribution in [2.45, 2.75) is 12.5 Å². The van der Waals surface area contributed by atoms with Crippen LogP contribution in [-0.2, 0) is 6.42 Å². The van der Waals surface area contributed by atoms with E-state index >= 15 is 0 Å². The van der Waals surface area contributed by atoms with E-state index in [2.05, 4.69) is 46.7 Å². The van der Waals surface area contributed by atoms with E-state index < -0.39 is 0 Å². The van der Waals surface area contributed by atoms with Gasteiger partial charge in [0, 0.05) is 23.1 Å². The zero-order valence-electron chi connectivity index (χ0n) is 12.1. The van der Waals surface area contributed by atoms with Crippen molar-refractivity contribution in [2.24, 2.45) is 0 Å². The molecule has 3 aromatic rings. The molecule has 2 aliphatic rings. The lowest BCUT2D eigenvalue weighted by Gasteiger charge is -2.25. The Labute approximate surface area is 128 Å². The molecule has 2 N–H and O–H groups in total. The van der Waals surface area contributed by atoms with Gasteiger partial charge >= 0.3 is 0 Å². The maximum absolute atomic E-state index is 5.52. The molecule has 1 aromatic heterocycles. The van der Waals surface area contributed by atoms with Gasteiger partial charge in [-0.15, -0.1) is 0 Å². The average Bonchev–Trinajstić information content (AvgIpc) is 3.18. The van der Waals surface area contributed by atoms with Crippen molar-refractivity contribution >= 4 is 10.9 Å². The lowest BCUT2D eigenvalue weighted by atomic mass is 9.94. The first-order valence-corrected chi connectivity index (χ1v) is 7.62. The van der Waals surface area contributed by atoms with Crippen LogP contribution in [0.15, 0.2) is 42.5 Å². The molecule has 1 atom stereocenters. The van der Waals surface area contributed by atoms with Crippen LogP contribution in [-0.4, -0.2) is 18.3 Å². The van der Waals surface area contributed by atoms with E-state index in [1.54, 1.807) is 0 Å². The minimum absolute atomic E-state index is 0.172. The number of fused-ring (bicyclic) bond motifs is 4. The van der Waals surface area contributed by atoms with Crippen LogP contribution in [0.25, 0.3) is 10.9 Å². The molecular weight excluding hydrogens is 276 g/mol. The Hall–Kier alpha value is -2.46. The van der Waals surface area contributed by atoms with Gasteiger partial charge in [-0.2, -0.15) is 0 Å². The number of H-pyrrole nitrogens is 1. The second kappa shape index (κ2) is 4.52. The van der Waals surface area contributed by atoms with Gasteiger partial charge in [-0.1, -0.05) is 24.3 Å². The van der Waals surface area contributed by atoms with Gasteiger partial charge in [0.15, 0.2) is 11.5 Å². The summed E-state index contributed by atoms with van der Waals surface area (Å²) in [7, 11) is 0. The molecule has 0 radical (unpaired) electrons. The highest BCUT2D eigenvalue weighted by Crippen LogP contribution is 2.38. The largest absolute Gasteiger partial charge is 0.454 e. The summed E-state index contributed by atoms with van der Waals surface area (Å²) >= 11 is 0. The molecule has 3 heterocycles. The van der Waals surface area contributed by atoms with Crippen LogP contribution in [0, 0.1) is 0 Å². The molecule has 0 bridgehead atoms. The number of nitrogens with one attached hydrogen (secondary N) is 2. The quantitative estimate of drug-likeness (QED) is 0.724. The number of benzene rings is 2. The van der Waals surface area contributed by atoms with E-state index in [1.165, 1.54) is 27.7 Å². The molecular formula is C18H16N2O2. The molecule has 2 aromatic carbocycles. The fourth-order valence-corrected chi connectivity index (χ4v) is 3.56. The number of ether oxygens (including phenoxy) is 2. The third kappa shape index (κ3) is 1.67. The third-order valence-electron chi connectivity index (χ3n) is 4.59. The Balaban J connectivity index is 1.65. The molecule has 2 aliphatic heterocycles. The number of hydrogen-bond acceptors (Lipinski definition) is 3. The molecule has 0 saturated carbocycles. The van der Waals surface area contributed by atoms with Crippen molar-refractivity contribution in [1.29, 1.82) is 0 Å². The summed E-state index contributed by atoms with van der Waals surface area (Å²) in [4.78, 5) is 3.60. The standard InChI is InChI=1S/C18H16N2O2/c1-2-4-14-12(3-1)13-7-8-19-17(18(13)20-14)11-5-6-15-16(9-11)22-10-21-15/h1-6,9,17,19-20H,7-8,10H2/t17-/m0/s1. The summed E-state index contributed by atoms with van der Waals surface area (Å²) < 4.78 is 10.9. The van der Waals surface area contributed by atoms with Gasteiger partial charge in [0.05, 0.1) is 6.04 Å². The maximum atomic E-state index is 5.52. The lowest BCUT2D eigenvalue weighted by Crippen LogP contribution is -2.30. The summed E-state index contributed by atoms with van der Waals surface area (Å²) in [6, 6.07) is 14.9. The van der Waals surface area contributed by atoms with Crippen molar-refractivity contribution < 1.29 is 9.47 Å². The molecule has 22 heavy (non-hydrogen) atoms. The zero-order valence-corrected chi connectivity index (χ0v) is 12.1. The van der Waals surface area contributed by atoms with E-state index in [0.717, 1.165) is 24.5 Å². The topological polar surface area (TPSA) is 46.3 Å². The van der Waals surface area contributed by atoms with Crippen LogP contribution in [0.2, 0.25) is 0 Å². The molecule has 0 amide bonds. The second-order valence-electron chi connectivity index (χ2n) is 5.81. The van der Waals surface area contributed by atoms with Crippen LogP contribution in [0.1, 0.15) is 22.9 Å². The van der Waals surface area contributed by atoms with Gasteiger partial charge in [-0.3, -0.25) is 0 Å². The number of aromatic amines is 1. The molecule has 0 aliphatic carbocycles. The van der Waals surface area contributed by atoms with Crippen LogP contribution in [0.4, 0.5) is 0 Å². The summed E-state index contributed by atoms with van der Waals surface area (Å²) in [5, 5.41) is 4.95. The van der Waals surface area contributed by atoms with Crippen LogP contribution in [0.5, 0.6) is 11.5 Å². The Morgan fingerprint density at radius 3 is 2.91 bits per heavy atom. The van der Waals surface area contributed by atoms with Gasteiger partial charge in [-0.25, -0.2) is 0 Å². The molecule has 110 valence electrons. The van der Waals surface area contributed by atoms with E-state index in [0.29, 0.717) is 6.79 Å². The Kier molecular flexibility index (Phi) is 2.49. The highest BCUT2D eigenvalue weighted by Gasteiger charge is 2.26. The molecule has 4 nitrogen and oxygen atoms in total. The third-order valence-corrected chi connectivity index (χ3v) is 4.59. The summed E-state index contributed by atoms with van der Waals surface area (Å²) in [5.74, 6) is 1.67. The first-order chi connectivity index (χ1) is 10.9. The molecule has 0 spiro atoms. The second-order valence-corrected chi connectivity index (χ2v) is 5.81. The Morgan fingerprint density at radius 2 is 1.91 bits per heavy atom. The number of hydrogen-bond donors (Lipinski definition) is 2. The first-order valence-electron chi connectivity index (χ1n) is 7.62. The van der Waals surface area contributed by atoms with Gasteiger partial charge in [0.1, 0.15) is 0 Å². The van der Waals surface area contributed by atoms with Gasteiger partial charge < -0.3 is 19.8 Å². The predicted octanol–water partition coefficient (Wildman–Crippen LogP) is 3.13. The Bertz CT molecular complexity index is 869. The van der Waals surface area contributed by atoms with Gasteiger partial charge in [0.25, 0.3) is 0 Å². The van der Waals surface area contributed by atoms with Crippen molar-refractivity contribution in [1.82, 2.24) is 10.3 Å². The molecule has 0 saturated heterocycles. The van der Waals surface area contributed by atoms with Gasteiger partial charge in [-0.05, 0) is 35.7 Å². The number of rotatable bonds is 1. The van der Waals surface area contributed by atoms with E-state index in [1.807, 2.05) is 6.07 Å². The predicted molar refractivity (Wildman–Crippen MR) is 84.4 cm³/mol. The monoisotopic (exact) mass is 292 g/mol. The van der Waals surface area contributed by atoms with Crippen molar-refractivity contribution in [3.05, 3.63) is 59.3 Å². The zero-order chi connectivity index (χ0) is 14.5. The first kappa shape index (κ1) is 12.1. The summed E-state index contributed by atoms with van der Waals surface area (Å²) in [6.07, 6.45) is 1.06. The average molecular weight is 292 g/mol. The number of para-hydroxylation sites is 1. The smallest absolute Gasteiger partial charge is 0.231 e. The van der Waals surface area contributed by atoms with Crippen LogP contribution < -0.4 is 14.8 Å². The van der Waals surface area contributed by atoms with Crippen LogP contribution >= 0.6 is 0 Å². The van der Waals surface area contributed by atoms with Crippen molar-refractivity contribution in [2.75, 3.05) is 13.3 Å². The fourth-order valence-electron chi connectivity index (χ4n) is 3.56. The van der Waals surface area contributed by atoms with E-state index in [4.69, 9.17) is 9.47 Å². The van der Waals surface area contributed by atoms with E-state index in [-0.39, 0.29) is 6.04 Å². The summed E-state index contributed by atoms with van der Waals surface area (Å²) in [6.45, 7) is 1.29. The van der Waals surface area contributed by atoms with Gasteiger partial charge in [0.2, 0.25) is 6.79 Å². The fraction of sp³-hybridized carbons (Fsp3) is 0.222. The highest BCUT2D eigenvalue weighted by atomic mass is 16.7. The van der Waals surface area contributed by atoms with Crippen LogP contribution in [0.3, 0.4) is 0 Å². The van der Waals surface area contributed by atoms with E-state index in [9.17, 15) is 0 Å². The molecule has 4 heteroatoms. The minimum Gasteiger partial charge on any atom is -0.454 e. The highest BCUT2D eigenvalue weighted by molar-refractivity contribution is 5.85. The normalized spacial score (nSPS) is 19.4. The Morgan fingerprint density at radius 1 is 1.00 bits per heavy atom. The molecule has 0 fully saturated rings. The SMILES string of the molecule is c1ccc2c3c([nH]c2c1)[C@H](c1ccc2c(c1)OCO2)NCC3. The minimum atomic E-state index is 0.172. The lowest BCUT2D eigenvalue weighted by molar-refractivity contribution is 0.174. The summed E-state index contributed by atoms with van der Waals surface area (Å²) in [5.41, 5.74) is 5.11. The van der Waals surface area contributed by atoms with Crippen molar-refractivity contribution in [3.8, 4) is 11.5 Å². The van der Waals surface area contributed by atoms with Crippen molar-refractivity contribution in [3.63, 3.8) is 0 Å². The maximum Gasteiger partial charge on any atom is 0.231 e. The molecule has 5 rings (SSSR count). The molecule has 0 unspecified atom stereocenters. The number of aromatic nitrogens is 1.